The predicted molar refractivity (Wildman–Crippen MR) is 124 cm³/mol. The standard InChI is InChI=1S/C27H26N2O3/c1-20-12-14-23(15-13-20)29-26(31)19-24(27(29)32)28(17-16-21-8-4-2-5-9-21)25(30)18-22-10-6-3-7-11-22/h2-15,24H,16-19H2,1H3. The molecule has 0 N–H and O–H groups in total. The summed E-state index contributed by atoms with van der Waals surface area (Å²) in [5, 5.41) is 0. The predicted octanol–water partition coefficient (Wildman–Crippen LogP) is 3.94. The van der Waals surface area contributed by atoms with Gasteiger partial charge in [0.25, 0.3) is 5.91 Å². The lowest BCUT2D eigenvalue weighted by Gasteiger charge is -2.28. The second-order valence-corrected chi connectivity index (χ2v) is 8.11. The lowest BCUT2D eigenvalue weighted by molar-refractivity contribution is -0.137. The second-order valence-electron chi connectivity index (χ2n) is 8.11. The van der Waals surface area contributed by atoms with Gasteiger partial charge < -0.3 is 4.90 Å². The Bertz CT molecular complexity index is 1090. The third-order valence-corrected chi connectivity index (χ3v) is 5.79. The van der Waals surface area contributed by atoms with Crippen LogP contribution in [0.2, 0.25) is 0 Å². The number of carbonyl (C=O) groups is 3. The van der Waals surface area contributed by atoms with Crippen LogP contribution in [0.15, 0.2) is 84.9 Å². The number of anilines is 1. The molecule has 32 heavy (non-hydrogen) atoms. The van der Waals surface area contributed by atoms with Gasteiger partial charge in [0.05, 0.1) is 18.5 Å². The van der Waals surface area contributed by atoms with Crippen LogP contribution in [0.3, 0.4) is 0 Å². The van der Waals surface area contributed by atoms with Crippen molar-refractivity contribution in [3.63, 3.8) is 0 Å². The van der Waals surface area contributed by atoms with Gasteiger partial charge in [0, 0.05) is 6.54 Å². The van der Waals surface area contributed by atoms with Crippen LogP contribution in [0, 0.1) is 6.92 Å². The van der Waals surface area contributed by atoms with Crippen molar-refractivity contribution < 1.29 is 14.4 Å². The fourth-order valence-electron chi connectivity index (χ4n) is 4.05. The van der Waals surface area contributed by atoms with Gasteiger partial charge >= 0.3 is 0 Å². The number of hydrogen-bond donors (Lipinski definition) is 0. The Hall–Kier alpha value is -3.73. The molecule has 1 saturated heterocycles. The number of nitrogens with zero attached hydrogens (tertiary/aromatic N) is 2. The van der Waals surface area contributed by atoms with Gasteiger partial charge in [0.2, 0.25) is 11.8 Å². The van der Waals surface area contributed by atoms with E-state index in [1.165, 1.54) is 4.90 Å². The summed E-state index contributed by atoms with van der Waals surface area (Å²) in [4.78, 5) is 42.2. The summed E-state index contributed by atoms with van der Waals surface area (Å²) in [5.41, 5.74) is 3.56. The van der Waals surface area contributed by atoms with E-state index in [0.29, 0.717) is 18.7 Å². The molecule has 5 nitrogen and oxygen atoms in total. The number of imide groups is 1. The average molecular weight is 427 g/mol. The molecule has 3 aromatic rings. The van der Waals surface area contributed by atoms with Crippen molar-refractivity contribution in [2.45, 2.75) is 32.2 Å². The van der Waals surface area contributed by atoms with Crippen molar-refractivity contribution in [1.82, 2.24) is 4.90 Å². The Morgan fingerprint density at radius 3 is 2.09 bits per heavy atom. The first-order valence-electron chi connectivity index (χ1n) is 10.8. The summed E-state index contributed by atoms with van der Waals surface area (Å²) in [7, 11) is 0. The molecule has 1 heterocycles. The van der Waals surface area contributed by atoms with Crippen LogP contribution >= 0.6 is 0 Å². The molecule has 1 unspecified atom stereocenters. The van der Waals surface area contributed by atoms with Crippen LogP contribution in [0.25, 0.3) is 0 Å². The third kappa shape index (κ3) is 4.78. The molecule has 1 aliphatic rings. The van der Waals surface area contributed by atoms with Gasteiger partial charge in [0.1, 0.15) is 6.04 Å². The molecule has 4 rings (SSSR count). The number of hydrogen-bond acceptors (Lipinski definition) is 3. The Labute approximate surface area is 188 Å². The van der Waals surface area contributed by atoms with Gasteiger partial charge in [-0.05, 0) is 36.6 Å². The van der Waals surface area contributed by atoms with Crippen molar-refractivity contribution in [1.29, 1.82) is 0 Å². The van der Waals surface area contributed by atoms with Gasteiger partial charge in [-0.15, -0.1) is 0 Å². The summed E-state index contributed by atoms with van der Waals surface area (Å²) in [5.74, 6) is -0.765. The monoisotopic (exact) mass is 426 g/mol. The molecule has 1 fully saturated rings. The average Bonchev–Trinajstić information content (AvgIpc) is 3.09. The molecule has 0 aliphatic carbocycles. The van der Waals surface area contributed by atoms with Gasteiger partial charge in [0.15, 0.2) is 0 Å². The summed E-state index contributed by atoms with van der Waals surface area (Å²) < 4.78 is 0. The van der Waals surface area contributed by atoms with E-state index in [4.69, 9.17) is 0 Å². The highest BCUT2D eigenvalue weighted by atomic mass is 16.2. The molecule has 3 amide bonds. The molecular formula is C27H26N2O3. The zero-order valence-electron chi connectivity index (χ0n) is 18.1. The van der Waals surface area contributed by atoms with Crippen LogP contribution < -0.4 is 4.90 Å². The van der Waals surface area contributed by atoms with E-state index in [9.17, 15) is 14.4 Å². The zero-order chi connectivity index (χ0) is 22.5. The Morgan fingerprint density at radius 1 is 0.875 bits per heavy atom. The molecule has 162 valence electrons. The minimum absolute atomic E-state index is 0.00201. The quantitative estimate of drug-likeness (QED) is 0.538. The van der Waals surface area contributed by atoms with Crippen molar-refractivity contribution in [2.75, 3.05) is 11.4 Å². The number of carbonyl (C=O) groups excluding carboxylic acids is 3. The number of aryl methyl sites for hydroxylation is 1. The molecule has 3 aromatic carbocycles. The SMILES string of the molecule is Cc1ccc(N2C(=O)CC(N(CCc3ccccc3)C(=O)Cc3ccccc3)C2=O)cc1. The molecule has 1 aliphatic heterocycles. The van der Waals surface area contributed by atoms with E-state index in [0.717, 1.165) is 16.7 Å². The summed E-state index contributed by atoms with van der Waals surface area (Å²) >= 11 is 0. The Morgan fingerprint density at radius 2 is 1.47 bits per heavy atom. The summed E-state index contributed by atoms with van der Waals surface area (Å²) in [6.07, 6.45) is 0.810. The van der Waals surface area contributed by atoms with E-state index in [1.54, 1.807) is 17.0 Å². The van der Waals surface area contributed by atoms with Crippen molar-refractivity contribution in [2.24, 2.45) is 0 Å². The van der Waals surface area contributed by atoms with Crippen LogP contribution in [-0.4, -0.2) is 35.2 Å². The lowest BCUT2D eigenvalue weighted by Crippen LogP contribution is -2.47. The molecular weight excluding hydrogens is 400 g/mol. The minimum atomic E-state index is -0.788. The smallest absolute Gasteiger partial charge is 0.257 e. The molecule has 5 heteroatoms. The third-order valence-electron chi connectivity index (χ3n) is 5.79. The molecule has 0 bridgehead atoms. The van der Waals surface area contributed by atoms with Crippen LogP contribution in [-0.2, 0) is 27.2 Å². The second kappa shape index (κ2) is 9.60. The summed E-state index contributed by atoms with van der Waals surface area (Å²) in [6, 6.07) is 25.8. The van der Waals surface area contributed by atoms with E-state index in [2.05, 4.69) is 0 Å². The maximum atomic E-state index is 13.3. The maximum Gasteiger partial charge on any atom is 0.257 e. The lowest BCUT2D eigenvalue weighted by atomic mass is 10.1. The maximum absolute atomic E-state index is 13.3. The molecule has 0 radical (unpaired) electrons. The fourth-order valence-corrected chi connectivity index (χ4v) is 4.05. The van der Waals surface area contributed by atoms with Crippen molar-refractivity contribution in [3.05, 3.63) is 102 Å². The van der Waals surface area contributed by atoms with Gasteiger partial charge in [-0.25, -0.2) is 4.90 Å². The highest BCUT2D eigenvalue weighted by Gasteiger charge is 2.44. The normalized spacial score (nSPS) is 15.8. The highest BCUT2D eigenvalue weighted by molar-refractivity contribution is 6.23. The fraction of sp³-hybridized carbons (Fsp3) is 0.222. The van der Waals surface area contributed by atoms with E-state index in [1.807, 2.05) is 79.7 Å². The van der Waals surface area contributed by atoms with E-state index in [-0.39, 0.29) is 30.6 Å². The molecule has 0 saturated carbocycles. The van der Waals surface area contributed by atoms with Crippen LogP contribution in [0.4, 0.5) is 5.69 Å². The minimum Gasteiger partial charge on any atom is -0.329 e. The van der Waals surface area contributed by atoms with Crippen molar-refractivity contribution >= 4 is 23.4 Å². The van der Waals surface area contributed by atoms with Gasteiger partial charge in [-0.3, -0.25) is 14.4 Å². The van der Waals surface area contributed by atoms with Gasteiger partial charge in [-0.1, -0.05) is 78.4 Å². The molecule has 1 atom stereocenters. The first-order valence-corrected chi connectivity index (χ1v) is 10.8. The molecule has 0 spiro atoms. The number of benzene rings is 3. The Kier molecular flexibility index (Phi) is 6.45. The largest absolute Gasteiger partial charge is 0.329 e. The van der Waals surface area contributed by atoms with Crippen LogP contribution in [0.5, 0.6) is 0 Å². The highest BCUT2D eigenvalue weighted by Crippen LogP contribution is 2.27. The van der Waals surface area contributed by atoms with E-state index < -0.39 is 6.04 Å². The first kappa shape index (κ1) is 21.5. The van der Waals surface area contributed by atoms with E-state index >= 15 is 0 Å². The van der Waals surface area contributed by atoms with Gasteiger partial charge in [-0.2, -0.15) is 0 Å². The number of amides is 3. The number of rotatable bonds is 7. The summed E-state index contributed by atoms with van der Waals surface area (Å²) in [6.45, 7) is 2.33. The van der Waals surface area contributed by atoms with Crippen LogP contribution in [0.1, 0.15) is 23.1 Å². The Balaban J connectivity index is 1.58. The zero-order valence-corrected chi connectivity index (χ0v) is 18.1. The molecule has 0 aromatic heterocycles. The van der Waals surface area contributed by atoms with Crippen molar-refractivity contribution in [3.8, 4) is 0 Å². The first-order chi connectivity index (χ1) is 15.5. The topological polar surface area (TPSA) is 57.7 Å².